The summed E-state index contributed by atoms with van der Waals surface area (Å²) in [5.74, 6) is 0. The molecule has 13 heavy (non-hydrogen) atoms. The van der Waals surface area contributed by atoms with Crippen LogP contribution >= 0.6 is 24.0 Å². The molecule has 0 amide bonds. The van der Waals surface area contributed by atoms with E-state index in [2.05, 4.69) is 26.0 Å². The fraction of sp³-hybridized carbons (Fsp3) is 0.364. The fourth-order valence-electron chi connectivity index (χ4n) is 0.908. The van der Waals surface area contributed by atoms with E-state index in [1.54, 1.807) is 11.8 Å². The van der Waals surface area contributed by atoms with Gasteiger partial charge in [-0.3, -0.25) is 0 Å². The Labute approximate surface area is 89.7 Å². The van der Waals surface area contributed by atoms with Crippen LogP contribution in [-0.2, 0) is 0 Å². The van der Waals surface area contributed by atoms with Crippen molar-refractivity contribution in [2.45, 2.75) is 25.5 Å². The second-order valence-electron chi connectivity index (χ2n) is 2.99. The molecule has 0 saturated carbocycles. The highest BCUT2D eigenvalue weighted by molar-refractivity contribution is 8.24. The van der Waals surface area contributed by atoms with E-state index in [1.165, 1.54) is 5.56 Å². The van der Waals surface area contributed by atoms with Gasteiger partial charge in [0.15, 0.2) is 0 Å². The van der Waals surface area contributed by atoms with E-state index >= 15 is 0 Å². The zero-order chi connectivity index (χ0) is 9.68. The van der Waals surface area contributed by atoms with Crippen molar-refractivity contribution in [2.75, 3.05) is 0 Å². The molecule has 1 aromatic rings. The summed E-state index contributed by atoms with van der Waals surface area (Å²) in [7, 11) is 0. The summed E-state index contributed by atoms with van der Waals surface area (Å²) in [6.45, 7) is 4.39. The predicted molar refractivity (Wildman–Crippen MR) is 65.5 cm³/mol. The second-order valence-corrected chi connectivity index (χ2v) is 5.11. The van der Waals surface area contributed by atoms with E-state index in [-0.39, 0.29) is 0 Å². The Morgan fingerprint density at radius 1 is 1.38 bits per heavy atom. The Balaban J connectivity index is 2.59. The van der Waals surface area contributed by atoms with Crippen molar-refractivity contribution in [3.63, 3.8) is 0 Å². The Bertz CT molecular complexity index is 267. The van der Waals surface area contributed by atoms with Crippen LogP contribution < -0.4 is 0 Å². The summed E-state index contributed by atoms with van der Waals surface area (Å²) in [4.78, 5) is 0. The standard InChI is InChI=1S/C11H14S2/c1-3-9(2)13-11(12)10-7-5-4-6-8-10/h4-9H,3H2,1-2H3. The molecule has 1 atom stereocenters. The van der Waals surface area contributed by atoms with Crippen LogP contribution in [0.15, 0.2) is 30.3 Å². The van der Waals surface area contributed by atoms with Gasteiger partial charge in [-0.15, -0.1) is 11.8 Å². The van der Waals surface area contributed by atoms with E-state index in [0.717, 1.165) is 10.6 Å². The SMILES string of the molecule is CCC(C)SC(=S)c1ccccc1. The molecule has 1 rings (SSSR count). The van der Waals surface area contributed by atoms with Gasteiger partial charge in [-0.25, -0.2) is 0 Å². The van der Waals surface area contributed by atoms with Gasteiger partial charge in [0.05, 0.1) is 4.20 Å². The molecule has 0 bridgehead atoms. The maximum absolute atomic E-state index is 5.33. The topological polar surface area (TPSA) is 0 Å². The average Bonchev–Trinajstić information content (AvgIpc) is 2.19. The summed E-state index contributed by atoms with van der Waals surface area (Å²) in [5, 5.41) is 0.618. The van der Waals surface area contributed by atoms with Gasteiger partial charge in [-0.1, -0.05) is 56.4 Å². The Kier molecular flexibility index (Phi) is 4.46. The number of thiocarbonyl (C=S) groups is 1. The molecular formula is C11H14S2. The van der Waals surface area contributed by atoms with Gasteiger partial charge < -0.3 is 0 Å². The first-order valence-corrected chi connectivity index (χ1v) is 5.79. The molecule has 0 aromatic heterocycles. The Morgan fingerprint density at radius 3 is 2.54 bits per heavy atom. The van der Waals surface area contributed by atoms with E-state index in [1.807, 2.05) is 18.2 Å². The van der Waals surface area contributed by atoms with Crippen molar-refractivity contribution in [3.8, 4) is 0 Å². The third kappa shape index (κ3) is 3.49. The van der Waals surface area contributed by atoms with Crippen LogP contribution in [0, 0.1) is 0 Å². The molecule has 70 valence electrons. The average molecular weight is 210 g/mol. The molecule has 0 radical (unpaired) electrons. The van der Waals surface area contributed by atoms with Gasteiger partial charge >= 0.3 is 0 Å². The van der Waals surface area contributed by atoms with Crippen molar-refractivity contribution in [2.24, 2.45) is 0 Å². The minimum atomic E-state index is 0.618. The van der Waals surface area contributed by atoms with Gasteiger partial charge in [-0.2, -0.15) is 0 Å². The summed E-state index contributed by atoms with van der Waals surface area (Å²) >= 11 is 7.11. The first-order valence-electron chi connectivity index (χ1n) is 4.50. The lowest BCUT2D eigenvalue weighted by atomic mass is 10.2. The van der Waals surface area contributed by atoms with Crippen LogP contribution in [0.25, 0.3) is 0 Å². The van der Waals surface area contributed by atoms with Gasteiger partial charge in [0, 0.05) is 5.25 Å². The largest absolute Gasteiger partial charge is 0.111 e. The first-order chi connectivity index (χ1) is 6.24. The highest BCUT2D eigenvalue weighted by atomic mass is 32.2. The van der Waals surface area contributed by atoms with Crippen LogP contribution in [0.2, 0.25) is 0 Å². The van der Waals surface area contributed by atoms with Crippen LogP contribution in [0.4, 0.5) is 0 Å². The fourth-order valence-corrected chi connectivity index (χ4v) is 2.34. The quantitative estimate of drug-likeness (QED) is 0.694. The highest BCUT2D eigenvalue weighted by Crippen LogP contribution is 2.20. The van der Waals surface area contributed by atoms with E-state index in [9.17, 15) is 0 Å². The highest BCUT2D eigenvalue weighted by Gasteiger charge is 2.05. The van der Waals surface area contributed by atoms with Crippen molar-refractivity contribution >= 4 is 28.2 Å². The van der Waals surface area contributed by atoms with E-state index < -0.39 is 0 Å². The van der Waals surface area contributed by atoms with Crippen LogP contribution in [0.3, 0.4) is 0 Å². The smallest absolute Gasteiger partial charge is 0.0780 e. The van der Waals surface area contributed by atoms with Crippen molar-refractivity contribution in [1.29, 1.82) is 0 Å². The molecule has 0 heterocycles. The molecule has 0 saturated heterocycles. The lowest BCUT2D eigenvalue weighted by molar-refractivity contribution is 0.911. The zero-order valence-electron chi connectivity index (χ0n) is 7.99. The van der Waals surface area contributed by atoms with Crippen molar-refractivity contribution < 1.29 is 0 Å². The van der Waals surface area contributed by atoms with Gasteiger partial charge in [0.1, 0.15) is 0 Å². The van der Waals surface area contributed by atoms with Crippen molar-refractivity contribution in [3.05, 3.63) is 35.9 Å². The molecule has 0 aliphatic carbocycles. The van der Waals surface area contributed by atoms with E-state index in [0.29, 0.717) is 5.25 Å². The molecule has 0 fully saturated rings. The minimum Gasteiger partial charge on any atom is -0.111 e. The number of hydrogen-bond donors (Lipinski definition) is 0. The van der Waals surface area contributed by atoms with Crippen LogP contribution in [0.5, 0.6) is 0 Å². The molecule has 0 aliphatic rings. The number of benzene rings is 1. The molecule has 0 spiro atoms. The molecule has 0 nitrogen and oxygen atoms in total. The van der Waals surface area contributed by atoms with Crippen LogP contribution in [0.1, 0.15) is 25.8 Å². The monoisotopic (exact) mass is 210 g/mol. The molecule has 1 unspecified atom stereocenters. The molecule has 1 aromatic carbocycles. The zero-order valence-corrected chi connectivity index (χ0v) is 9.62. The van der Waals surface area contributed by atoms with Gasteiger partial charge in [-0.05, 0) is 12.0 Å². The Morgan fingerprint density at radius 2 is 2.00 bits per heavy atom. The number of hydrogen-bond acceptors (Lipinski definition) is 2. The first kappa shape index (κ1) is 10.7. The van der Waals surface area contributed by atoms with Gasteiger partial charge in [0.2, 0.25) is 0 Å². The molecular weight excluding hydrogens is 196 g/mol. The second kappa shape index (κ2) is 5.40. The van der Waals surface area contributed by atoms with E-state index in [4.69, 9.17) is 12.2 Å². The third-order valence-corrected chi connectivity index (χ3v) is 3.60. The maximum atomic E-state index is 5.33. The minimum absolute atomic E-state index is 0.618. The summed E-state index contributed by atoms with van der Waals surface area (Å²) in [5.41, 5.74) is 1.17. The van der Waals surface area contributed by atoms with Crippen LogP contribution in [-0.4, -0.2) is 9.45 Å². The molecule has 0 N–H and O–H groups in total. The van der Waals surface area contributed by atoms with Gasteiger partial charge in [0.25, 0.3) is 0 Å². The molecule has 2 heteroatoms. The van der Waals surface area contributed by atoms with Crippen molar-refractivity contribution in [1.82, 2.24) is 0 Å². The third-order valence-electron chi connectivity index (χ3n) is 1.89. The molecule has 0 aliphatic heterocycles. The Hall–Kier alpha value is -0.340. The normalized spacial score (nSPS) is 12.5. The summed E-state index contributed by atoms with van der Waals surface area (Å²) in [6.07, 6.45) is 1.16. The lowest BCUT2D eigenvalue weighted by Gasteiger charge is -2.08. The predicted octanol–water partition coefficient (Wildman–Crippen LogP) is 3.89. The lowest BCUT2D eigenvalue weighted by Crippen LogP contribution is -1.99. The summed E-state index contributed by atoms with van der Waals surface area (Å²) in [6, 6.07) is 10.2. The number of rotatable bonds is 3. The maximum Gasteiger partial charge on any atom is 0.0780 e. The number of thioether (sulfide) groups is 1. The summed E-state index contributed by atoms with van der Waals surface area (Å²) < 4.78 is 1.01.